The van der Waals surface area contributed by atoms with Crippen molar-refractivity contribution in [2.24, 2.45) is 0 Å². The second kappa shape index (κ2) is 5.22. The summed E-state index contributed by atoms with van der Waals surface area (Å²) in [6.07, 6.45) is 0. The van der Waals surface area contributed by atoms with Crippen LogP contribution in [-0.4, -0.2) is 15.2 Å². The molecule has 0 aliphatic carbocycles. The zero-order valence-corrected chi connectivity index (χ0v) is 12.3. The number of hydrogen-bond acceptors (Lipinski definition) is 4. The minimum Gasteiger partial charge on any atom is -0.368 e. The highest BCUT2D eigenvalue weighted by atomic mass is 79.9. The molecule has 0 amide bonds. The van der Waals surface area contributed by atoms with Crippen LogP contribution in [0.15, 0.2) is 46.0 Å². The number of hydrogen-bond donors (Lipinski definition) is 2. The number of thioether (sulfide) groups is 1. The molecule has 0 fully saturated rings. The third-order valence-corrected chi connectivity index (χ3v) is 4.39. The van der Waals surface area contributed by atoms with Crippen LogP contribution in [0.4, 0.5) is 5.95 Å². The van der Waals surface area contributed by atoms with Crippen molar-refractivity contribution >= 4 is 44.4 Å². The highest BCUT2D eigenvalue weighted by Gasteiger charge is 2.06. The molecule has 2 aromatic carbocycles. The number of benzene rings is 2. The predicted octanol–water partition coefficient (Wildman–Crippen LogP) is 3.59. The molecule has 0 aliphatic rings. The highest BCUT2D eigenvalue weighted by molar-refractivity contribution is 9.10. The van der Waals surface area contributed by atoms with Crippen LogP contribution >= 0.6 is 27.7 Å². The van der Waals surface area contributed by atoms with Crippen molar-refractivity contribution in [2.75, 3.05) is 5.73 Å². The SMILES string of the molecule is Nc1nc(SCc2cccc3c(Br)cccc23)n[nH]1. The summed E-state index contributed by atoms with van der Waals surface area (Å²) in [5.74, 6) is 1.16. The van der Waals surface area contributed by atoms with E-state index in [9.17, 15) is 0 Å². The van der Waals surface area contributed by atoms with E-state index in [-0.39, 0.29) is 0 Å². The lowest BCUT2D eigenvalue weighted by molar-refractivity contribution is 0.973. The van der Waals surface area contributed by atoms with Crippen molar-refractivity contribution in [3.05, 3.63) is 46.4 Å². The van der Waals surface area contributed by atoms with E-state index in [0.717, 1.165) is 10.2 Å². The van der Waals surface area contributed by atoms with Gasteiger partial charge < -0.3 is 5.73 Å². The van der Waals surface area contributed by atoms with E-state index in [1.807, 2.05) is 6.07 Å². The second-order valence-electron chi connectivity index (χ2n) is 4.04. The molecule has 0 saturated carbocycles. The summed E-state index contributed by atoms with van der Waals surface area (Å²) in [6.45, 7) is 0. The van der Waals surface area contributed by atoms with E-state index in [1.54, 1.807) is 11.8 Å². The molecule has 0 aliphatic heterocycles. The summed E-state index contributed by atoms with van der Waals surface area (Å²) in [4.78, 5) is 4.09. The Kier molecular flexibility index (Phi) is 3.44. The number of nitrogens with two attached hydrogens (primary N) is 1. The van der Waals surface area contributed by atoms with Crippen LogP contribution in [0, 0.1) is 0 Å². The maximum absolute atomic E-state index is 5.51. The quantitative estimate of drug-likeness (QED) is 0.718. The van der Waals surface area contributed by atoms with Gasteiger partial charge in [-0.2, -0.15) is 4.98 Å². The molecule has 1 aromatic heterocycles. The molecule has 0 spiro atoms. The zero-order chi connectivity index (χ0) is 13.2. The second-order valence-corrected chi connectivity index (χ2v) is 5.84. The fourth-order valence-electron chi connectivity index (χ4n) is 1.93. The van der Waals surface area contributed by atoms with E-state index in [4.69, 9.17) is 5.73 Å². The molecule has 3 aromatic rings. The number of halogens is 1. The van der Waals surface area contributed by atoms with Crippen molar-refractivity contribution in [1.82, 2.24) is 15.2 Å². The third kappa shape index (κ3) is 2.59. The summed E-state index contributed by atoms with van der Waals surface area (Å²) in [6, 6.07) is 12.5. The molecule has 3 N–H and O–H groups in total. The molecule has 3 rings (SSSR count). The normalized spacial score (nSPS) is 11.0. The number of anilines is 1. The Bertz CT molecular complexity index is 725. The van der Waals surface area contributed by atoms with Crippen LogP contribution in [-0.2, 0) is 5.75 Å². The molecule has 0 radical (unpaired) electrons. The first kappa shape index (κ1) is 12.5. The molecular weight excluding hydrogens is 324 g/mol. The number of nitrogens with one attached hydrogen (secondary N) is 1. The summed E-state index contributed by atoms with van der Waals surface area (Å²) in [7, 11) is 0. The van der Waals surface area contributed by atoms with Crippen LogP contribution in [0.1, 0.15) is 5.56 Å². The van der Waals surface area contributed by atoms with Gasteiger partial charge in [0.2, 0.25) is 11.1 Å². The van der Waals surface area contributed by atoms with Crippen molar-refractivity contribution in [2.45, 2.75) is 10.9 Å². The Balaban J connectivity index is 1.91. The fraction of sp³-hybridized carbons (Fsp3) is 0.0769. The van der Waals surface area contributed by atoms with Gasteiger partial charge in [0.25, 0.3) is 0 Å². The standard InChI is InChI=1S/C13H11BrN4S/c14-11-6-2-4-9-8(3-1-5-10(9)11)7-19-13-16-12(15)17-18-13/h1-6H,7H2,(H3,15,16,17,18). The van der Waals surface area contributed by atoms with Gasteiger partial charge >= 0.3 is 0 Å². The lowest BCUT2D eigenvalue weighted by Gasteiger charge is -2.06. The van der Waals surface area contributed by atoms with Gasteiger partial charge in [0.1, 0.15) is 0 Å². The first-order valence-electron chi connectivity index (χ1n) is 5.71. The number of fused-ring (bicyclic) bond motifs is 1. The van der Waals surface area contributed by atoms with Crippen LogP contribution in [0.5, 0.6) is 0 Å². The summed E-state index contributed by atoms with van der Waals surface area (Å²) < 4.78 is 1.11. The average molecular weight is 335 g/mol. The first-order chi connectivity index (χ1) is 9.24. The largest absolute Gasteiger partial charge is 0.368 e. The van der Waals surface area contributed by atoms with Crippen molar-refractivity contribution < 1.29 is 0 Å². The Morgan fingerprint density at radius 3 is 2.74 bits per heavy atom. The van der Waals surface area contributed by atoms with Crippen molar-refractivity contribution in [3.63, 3.8) is 0 Å². The summed E-state index contributed by atoms with van der Waals surface area (Å²) in [5.41, 5.74) is 6.77. The molecule has 96 valence electrons. The molecule has 6 heteroatoms. The van der Waals surface area contributed by atoms with Gasteiger partial charge in [-0.05, 0) is 22.4 Å². The maximum Gasteiger partial charge on any atom is 0.216 e. The van der Waals surface area contributed by atoms with E-state index in [1.165, 1.54) is 16.3 Å². The topological polar surface area (TPSA) is 67.6 Å². The molecule has 0 bridgehead atoms. The molecule has 0 atom stereocenters. The fourth-order valence-corrected chi connectivity index (χ4v) is 3.24. The lowest BCUT2D eigenvalue weighted by atomic mass is 10.1. The van der Waals surface area contributed by atoms with Crippen LogP contribution in [0.25, 0.3) is 10.8 Å². The number of H-pyrrole nitrogens is 1. The van der Waals surface area contributed by atoms with Gasteiger partial charge in [-0.1, -0.05) is 58.0 Å². The van der Waals surface area contributed by atoms with Crippen LogP contribution < -0.4 is 5.73 Å². The number of aromatic nitrogens is 3. The predicted molar refractivity (Wildman–Crippen MR) is 82.0 cm³/mol. The average Bonchev–Trinajstić information content (AvgIpc) is 2.83. The summed E-state index contributed by atoms with van der Waals surface area (Å²) in [5, 5.41) is 9.79. The Labute approximate surface area is 122 Å². The smallest absolute Gasteiger partial charge is 0.216 e. The van der Waals surface area contributed by atoms with Crippen LogP contribution in [0.2, 0.25) is 0 Å². The molecular formula is C13H11BrN4S. The Morgan fingerprint density at radius 1 is 1.16 bits per heavy atom. The molecule has 19 heavy (non-hydrogen) atoms. The highest BCUT2D eigenvalue weighted by Crippen LogP contribution is 2.29. The maximum atomic E-state index is 5.51. The first-order valence-corrected chi connectivity index (χ1v) is 7.49. The van der Waals surface area contributed by atoms with E-state index < -0.39 is 0 Å². The van der Waals surface area contributed by atoms with Gasteiger partial charge in [0.15, 0.2) is 0 Å². The minimum atomic E-state index is 0.350. The van der Waals surface area contributed by atoms with Gasteiger partial charge in [0.05, 0.1) is 0 Å². The van der Waals surface area contributed by atoms with Crippen molar-refractivity contribution in [1.29, 1.82) is 0 Å². The Morgan fingerprint density at radius 2 is 1.95 bits per heavy atom. The molecule has 4 nitrogen and oxygen atoms in total. The molecule has 0 saturated heterocycles. The molecule has 1 heterocycles. The number of aromatic amines is 1. The van der Waals surface area contributed by atoms with E-state index >= 15 is 0 Å². The van der Waals surface area contributed by atoms with Gasteiger partial charge in [-0.15, -0.1) is 5.10 Å². The number of rotatable bonds is 3. The summed E-state index contributed by atoms with van der Waals surface area (Å²) >= 11 is 5.14. The minimum absolute atomic E-state index is 0.350. The number of nitrogen functional groups attached to an aromatic ring is 1. The third-order valence-electron chi connectivity index (χ3n) is 2.80. The molecule has 0 unspecified atom stereocenters. The number of nitrogens with zero attached hydrogens (tertiary/aromatic N) is 2. The van der Waals surface area contributed by atoms with Gasteiger partial charge in [-0.25, -0.2) is 5.10 Å². The monoisotopic (exact) mass is 334 g/mol. The van der Waals surface area contributed by atoms with E-state index in [2.05, 4.69) is 61.4 Å². The van der Waals surface area contributed by atoms with Crippen LogP contribution in [0.3, 0.4) is 0 Å². The van der Waals surface area contributed by atoms with Gasteiger partial charge in [-0.3, -0.25) is 0 Å². The Hall–Kier alpha value is -1.53. The lowest BCUT2D eigenvalue weighted by Crippen LogP contribution is -1.86. The van der Waals surface area contributed by atoms with Gasteiger partial charge in [0, 0.05) is 10.2 Å². The van der Waals surface area contributed by atoms with Crippen molar-refractivity contribution in [3.8, 4) is 0 Å². The van der Waals surface area contributed by atoms with E-state index in [0.29, 0.717) is 11.1 Å². The zero-order valence-electron chi connectivity index (χ0n) is 9.93.